The molecule has 4 heteroatoms. The van der Waals surface area contributed by atoms with E-state index in [-0.39, 0.29) is 11.6 Å². The molecule has 0 unspecified atom stereocenters. The molecular formula is C18H32N2O2. The fraction of sp³-hybridized carbons (Fsp3) is 0.722. The van der Waals surface area contributed by atoms with E-state index < -0.39 is 0 Å². The van der Waals surface area contributed by atoms with E-state index in [4.69, 9.17) is 10.5 Å². The Morgan fingerprint density at radius 1 is 1.32 bits per heavy atom. The molecule has 1 spiro atoms. The van der Waals surface area contributed by atoms with Crippen LogP contribution in [0.5, 0.6) is 0 Å². The molecule has 0 amide bonds. The summed E-state index contributed by atoms with van der Waals surface area (Å²) in [6.45, 7) is 9.97. The molecule has 0 atom stereocenters. The van der Waals surface area contributed by atoms with Crippen molar-refractivity contribution >= 4 is 5.97 Å². The number of hydrogen-bond donors (Lipinski definition) is 1. The van der Waals surface area contributed by atoms with Gasteiger partial charge in [-0.2, -0.15) is 0 Å². The largest absolute Gasteiger partial charge is 0.454 e. The van der Waals surface area contributed by atoms with Gasteiger partial charge in [0.25, 0.3) is 0 Å². The van der Waals surface area contributed by atoms with E-state index in [2.05, 4.69) is 30.1 Å². The third-order valence-electron chi connectivity index (χ3n) is 4.39. The Kier molecular flexibility index (Phi) is 8.43. The van der Waals surface area contributed by atoms with Crippen LogP contribution in [0.15, 0.2) is 23.8 Å². The number of hydrogen-bond acceptors (Lipinski definition) is 4. The van der Waals surface area contributed by atoms with Crippen molar-refractivity contribution in [2.45, 2.75) is 58.5 Å². The van der Waals surface area contributed by atoms with Crippen molar-refractivity contribution in [1.82, 2.24) is 4.90 Å². The number of carbonyl (C=O) groups excluding carboxylic acids is 1. The second kappa shape index (κ2) is 9.80. The van der Waals surface area contributed by atoms with Gasteiger partial charge in [0.05, 0.1) is 6.42 Å². The molecule has 0 radical (unpaired) electrons. The van der Waals surface area contributed by atoms with E-state index in [1.807, 2.05) is 13.8 Å². The normalized spacial score (nSPS) is 22.9. The highest BCUT2D eigenvalue weighted by molar-refractivity contribution is 5.77. The SMILES string of the molecule is C/C=C1\CC(=O)OC12CCN(CCCN)CC2.C/C=C\CC. The summed E-state index contributed by atoms with van der Waals surface area (Å²) < 4.78 is 5.59. The zero-order valence-corrected chi connectivity index (χ0v) is 14.4. The van der Waals surface area contributed by atoms with E-state index in [1.54, 1.807) is 0 Å². The number of piperidine rings is 1. The maximum Gasteiger partial charge on any atom is 0.310 e. The zero-order valence-electron chi connectivity index (χ0n) is 14.4. The van der Waals surface area contributed by atoms with E-state index in [1.165, 1.54) is 5.57 Å². The molecule has 0 aromatic carbocycles. The molecule has 2 heterocycles. The lowest BCUT2D eigenvalue weighted by atomic mass is 9.84. The summed E-state index contributed by atoms with van der Waals surface area (Å²) in [6, 6.07) is 0. The molecule has 4 nitrogen and oxygen atoms in total. The Morgan fingerprint density at radius 3 is 2.45 bits per heavy atom. The predicted molar refractivity (Wildman–Crippen MR) is 91.6 cm³/mol. The molecule has 2 N–H and O–H groups in total. The van der Waals surface area contributed by atoms with Crippen LogP contribution in [0, 0.1) is 0 Å². The van der Waals surface area contributed by atoms with Crippen LogP contribution < -0.4 is 5.73 Å². The molecule has 0 aliphatic carbocycles. The molecule has 22 heavy (non-hydrogen) atoms. The van der Waals surface area contributed by atoms with Crippen molar-refractivity contribution in [3.05, 3.63) is 23.8 Å². The number of esters is 1. The smallest absolute Gasteiger partial charge is 0.310 e. The molecule has 0 bridgehead atoms. The summed E-state index contributed by atoms with van der Waals surface area (Å²) in [7, 11) is 0. The fourth-order valence-corrected chi connectivity index (χ4v) is 3.11. The maximum absolute atomic E-state index is 11.4. The molecule has 2 saturated heterocycles. The number of allylic oxidation sites excluding steroid dienone is 3. The van der Waals surface area contributed by atoms with Gasteiger partial charge < -0.3 is 15.4 Å². The Bertz CT molecular complexity index is 394. The number of ether oxygens (including phenoxy) is 1. The standard InChI is InChI=1S/C13H22N2O2.C5H10/c1-2-11-10-12(16)17-13(11)4-8-15(9-5-13)7-3-6-14;1-3-5-4-2/h2H,3-10,14H2,1H3;3,5H,4H2,1-2H3/b11-2+;5-3-. The lowest BCUT2D eigenvalue weighted by Crippen LogP contribution is -2.45. The molecule has 2 aliphatic heterocycles. The van der Waals surface area contributed by atoms with Crippen molar-refractivity contribution in [2.75, 3.05) is 26.2 Å². The molecule has 0 aromatic rings. The lowest BCUT2D eigenvalue weighted by Gasteiger charge is -2.38. The summed E-state index contributed by atoms with van der Waals surface area (Å²) in [5.74, 6) is -0.0616. The van der Waals surface area contributed by atoms with Crippen molar-refractivity contribution in [2.24, 2.45) is 5.73 Å². The zero-order chi connectivity index (χ0) is 16.4. The molecule has 0 aromatic heterocycles. The average Bonchev–Trinajstić information content (AvgIpc) is 2.84. The monoisotopic (exact) mass is 308 g/mol. The minimum atomic E-state index is -0.273. The van der Waals surface area contributed by atoms with Crippen LogP contribution in [-0.2, 0) is 9.53 Å². The fourth-order valence-electron chi connectivity index (χ4n) is 3.11. The number of nitrogens with zero attached hydrogens (tertiary/aromatic N) is 1. The van der Waals surface area contributed by atoms with Crippen molar-refractivity contribution in [3.8, 4) is 0 Å². The molecule has 2 fully saturated rings. The van der Waals surface area contributed by atoms with Gasteiger partial charge >= 0.3 is 5.97 Å². The van der Waals surface area contributed by atoms with Gasteiger partial charge in [-0.15, -0.1) is 0 Å². The first-order valence-corrected chi connectivity index (χ1v) is 8.53. The second-order valence-corrected chi connectivity index (χ2v) is 5.92. The Morgan fingerprint density at radius 2 is 2.00 bits per heavy atom. The predicted octanol–water partition coefficient (Wildman–Crippen LogP) is 3.04. The minimum Gasteiger partial charge on any atom is -0.454 e. The van der Waals surface area contributed by atoms with Gasteiger partial charge in [-0.3, -0.25) is 4.79 Å². The summed E-state index contributed by atoms with van der Waals surface area (Å²) in [4.78, 5) is 13.9. The molecule has 2 aliphatic rings. The van der Waals surface area contributed by atoms with Gasteiger partial charge in [0, 0.05) is 25.9 Å². The highest BCUT2D eigenvalue weighted by Gasteiger charge is 2.46. The van der Waals surface area contributed by atoms with Gasteiger partial charge in [0.15, 0.2) is 0 Å². The molecule has 126 valence electrons. The maximum atomic E-state index is 11.4. The van der Waals surface area contributed by atoms with Gasteiger partial charge in [0.1, 0.15) is 5.60 Å². The topological polar surface area (TPSA) is 55.6 Å². The summed E-state index contributed by atoms with van der Waals surface area (Å²) >= 11 is 0. The molecule has 2 rings (SSSR count). The van der Waals surface area contributed by atoms with Gasteiger partial charge in [-0.1, -0.05) is 25.2 Å². The number of carbonyl (C=O) groups is 1. The number of likely N-dealkylation sites (tertiary alicyclic amines) is 1. The van der Waals surface area contributed by atoms with E-state index in [9.17, 15) is 4.79 Å². The first-order valence-electron chi connectivity index (χ1n) is 8.53. The quantitative estimate of drug-likeness (QED) is 0.640. The third-order valence-corrected chi connectivity index (χ3v) is 4.39. The summed E-state index contributed by atoms with van der Waals surface area (Å²) in [6.07, 6.45) is 10.8. The average molecular weight is 308 g/mol. The van der Waals surface area contributed by atoms with Gasteiger partial charge in [0.2, 0.25) is 0 Å². The van der Waals surface area contributed by atoms with Crippen LogP contribution in [0.3, 0.4) is 0 Å². The van der Waals surface area contributed by atoms with Crippen molar-refractivity contribution in [3.63, 3.8) is 0 Å². The summed E-state index contributed by atoms with van der Waals surface area (Å²) in [5.41, 5.74) is 6.43. The highest BCUT2D eigenvalue weighted by Crippen LogP contribution is 2.40. The second-order valence-electron chi connectivity index (χ2n) is 5.92. The Hall–Kier alpha value is -1.13. The number of rotatable bonds is 4. The summed E-state index contributed by atoms with van der Waals surface area (Å²) in [5, 5.41) is 0. The van der Waals surface area contributed by atoms with Gasteiger partial charge in [-0.05, 0) is 45.4 Å². The van der Waals surface area contributed by atoms with Crippen LogP contribution in [0.1, 0.15) is 52.9 Å². The van der Waals surface area contributed by atoms with Crippen LogP contribution in [0.4, 0.5) is 0 Å². The first kappa shape index (κ1) is 18.9. The van der Waals surface area contributed by atoms with Crippen molar-refractivity contribution < 1.29 is 9.53 Å². The van der Waals surface area contributed by atoms with Crippen molar-refractivity contribution in [1.29, 1.82) is 0 Å². The van der Waals surface area contributed by atoms with E-state index in [0.717, 1.165) is 51.9 Å². The highest BCUT2D eigenvalue weighted by atomic mass is 16.6. The van der Waals surface area contributed by atoms with Crippen LogP contribution in [0.25, 0.3) is 0 Å². The van der Waals surface area contributed by atoms with Gasteiger partial charge in [-0.25, -0.2) is 0 Å². The molecule has 0 saturated carbocycles. The number of nitrogens with two attached hydrogens (primary N) is 1. The minimum absolute atomic E-state index is 0.0616. The molecular weight excluding hydrogens is 276 g/mol. The van der Waals surface area contributed by atoms with Crippen LogP contribution in [0.2, 0.25) is 0 Å². The lowest BCUT2D eigenvalue weighted by molar-refractivity contribution is -0.150. The van der Waals surface area contributed by atoms with Crippen LogP contribution >= 0.6 is 0 Å². The van der Waals surface area contributed by atoms with E-state index >= 15 is 0 Å². The Labute approximate surface area is 135 Å². The van der Waals surface area contributed by atoms with E-state index in [0.29, 0.717) is 6.42 Å². The first-order chi connectivity index (χ1) is 10.6. The third kappa shape index (κ3) is 5.25. The van der Waals surface area contributed by atoms with Crippen LogP contribution in [-0.4, -0.2) is 42.6 Å². The Balaban J connectivity index is 0.000000422.